The summed E-state index contributed by atoms with van der Waals surface area (Å²) in [5.74, 6) is 0.712. The summed E-state index contributed by atoms with van der Waals surface area (Å²) in [4.78, 5) is 12.4. The van der Waals surface area contributed by atoms with E-state index >= 15 is 0 Å². The number of ether oxygens (including phenoxy) is 2. The molecule has 1 heterocycles. The molecule has 1 fully saturated rings. The fourth-order valence-corrected chi connectivity index (χ4v) is 2.94. The molecule has 0 radical (unpaired) electrons. The van der Waals surface area contributed by atoms with Crippen molar-refractivity contribution >= 4 is 11.6 Å². The van der Waals surface area contributed by atoms with Crippen molar-refractivity contribution in [2.45, 2.75) is 38.6 Å². The minimum absolute atomic E-state index is 0.0116. The Morgan fingerprint density at radius 1 is 1.20 bits per heavy atom. The molecular formula is C20H24N2O3. The number of para-hydroxylation sites is 1. The van der Waals surface area contributed by atoms with E-state index in [1.165, 1.54) is 0 Å². The normalized spacial score (nSPS) is 19.6. The van der Waals surface area contributed by atoms with Gasteiger partial charge in [-0.15, -0.1) is 0 Å². The first kappa shape index (κ1) is 17.5. The van der Waals surface area contributed by atoms with Crippen molar-refractivity contribution in [3.8, 4) is 5.75 Å². The van der Waals surface area contributed by atoms with Crippen LogP contribution in [0.15, 0.2) is 48.5 Å². The third-order valence-electron chi connectivity index (χ3n) is 4.50. The van der Waals surface area contributed by atoms with E-state index in [2.05, 4.69) is 5.32 Å². The monoisotopic (exact) mass is 340 g/mol. The smallest absolute Gasteiger partial charge is 0.253 e. The Morgan fingerprint density at radius 2 is 2.00 bits per heavy atom. The third kappa shape index (κ3) is 4.38. The number of anilines is 1. The van der Waals surface area contributed by atoms with Gasteiger partial charge in [0, 0.05) is 12.2 Å². The van der Waals surface area contributed by atoms with Crippen LogP contribution >= 0.6 is 0 Å². The summed E-state index contributed by atoms with van der Waals surface area (Å²) in [6.45, 7) is 2.89. The predicted molar refractivity (Wildman–Crippen MR) is 97.5 cm³/mol. The average Bonchev–Trinajstić information content (AvgIpc) is 3.13. The summed E-state index contributed by atoms with van der Waals surface area (Å²) >= 11 is 0. The molecular weight excluding hydrogens is 316 g/mol. The number of carbonyl (C=O) groups excluding carboxylic acids is 1. The summed E-state index contributed by atoms with van der Waals surface area (Å²) in [7, 11) is 0. The van der Waals surface area contributed by atoms with Gasteiger partial charge in [-0.05, 0) is 49.1 Å². The van der Waals surface area contributed by atoms with E-state index in [0.717, 1.165) is 29.0 Å². The van der Waals surface area contributed by atoms with Gasteiger partial charge in [-0.3, -0.25) is 4.79 Å². The van der Waals surface area contributed by atoms with E-state index in [4.69, 9.17) is 15.2 Å². The van der Waals surface area contributed by atoms with Crippen molar-refractivity contribution in [1.82, 2.24) is 0 Å². The number of rotatable bonds is 6. The third-order valence-corrected chi connectivity index (χ3v) is 4.50. The Hall–Kier alpha value is -2.37. The highest BCUT2D eigenvalue weighted by atomic mass is 16.5. The molecule has 5 heteroatoms. The van der Waals surface area contributed by atoms with Crippen molar-refractivity contribution in [2.75, 3.05) is 11.9 Å². The highest BCUT2D eigenvalue weighted by Gasteiger charge is 2.30. The minimum atomic E-state index is -0.419. The van der Waals surface area contributed by atoms with Crippen LogP contribution in [0.4, 0.5) is 5.69 Å². The van der Waals surface area contributed by atoms with Crippen LogP contribution in [0, 0.1) is 6.92 Å². The molecule has 25 heavy (non-hydrogen) atoms. The van der Waals surface area contributed by atoms with Gasteiger partial charge in [-0.2, -0.15) is 0 Å². The zero-order valence-corrected chi connectivity index (χ0v) is 14.4. The first-order chi connectivity index (χ1) is 12.2. The number of amides is 1. The van der Waals surface area contributed by atoms with Gasteiger partial charge < -0.3 is 20.5 Å². The summed E-state index contributed by atoms with van der Waals surface area (Å²) in [6, 6.07) is 15.5. The molecule has 1 aliphatic rings. The lowest BCUT2D eigenvalue weighted by Gasteiger charge is -2.16. The lowest BCUT2D eigenvalue weighted by atomic mass is 10.1. The second-order valence-electron chi connectivity index (χ2n) is 6.24. The fourth-order valence-electron chi connectivity index (χ4n) is 2.94. The zero-order chi connectivity index (χ0) is 17.6. The van der Waals surface area contributed by atoms with Crippen molar-refractivity contribution in [2.24, 2.45) is 5.73 Å². The van der Waals surface area contributed by atoms with Gasteiger partial charge in [-0.25, -0.2) is 0 Å². The molecule has 132 valence electrons. The molecule has 0 unspecified atom stereocenters. The van der Waals surface area contributed by atoms with E-state index in [9.17, 15) is 4.79 Å². The van der Waals surface area contributed by atoms with Gasteiger partial charge >= 0.3 is 0 Å². The molecule has 5 nitrogen and oxygen atoms in total. The first-order valence-electron chi connectivity index (χ1n) is 8.60. The van der Waals surface area contributed by atoms with Crippen LogP contribution in [0.25, 0.3) is 0 Å². The molecule has 0 saturated carbocycles. The quantitative estimate of drug-likeness (QED) is 0.848. The highest BCUT2D eigenvalue weighted by molar-refractivity contribution is 5.95. The summed E-state index contributed by atoms with van der Waals surface area (Å²) in [5.41, 5.74) is 8.43. The standard InChI is InChI=1S/C20H24N2O3/c1-14-15(13-24-16-7-3-2-4-8-16)6-5-9-18(14)22-20(23)19-11-10-17(12-21)25-19/h2-9,17,19H,10-13,21H2,1H3,(H,22,23)/t17-,19+/m1/s1. The van der Waals surface area contributed by atoms with Gasteiger partial charge in [0.2, 0.25) is 0 Å². The van der Waals surface area contributed by atoms with E-state index in [1.54, 1.807) is 0 Å². The van der Waals surface area contributed by atoms with Crippen LogP contribution < -0.4 is 15.8 Å². The molecule has 1 saturated heterocycles. The molecule has 1 amide bonds. The number of benzene rings is 2. The largest absolute Gasteiger partial charge is 0.489 e. The van der Waals surface area contributed by atoms with Gasteiger partial charge in [0.15, 0.2) is 0 Å². The molecule has 2 aromatic rings. The van der Waals surface area contributed by atoms with E-state index < -0.39 is 6.10 Å². The minimum Gasteiger partial charge on any atom is -0.489 e. The maximum absolute atomic E-state index is 12.4. The lowest BCUT2D eigenvalue weighted by Crippen LogP contribution is -2.30. The van der Waals surface area contributed by atoms with Crippen LogP contribution in [0.1, 0.15) is 24.0 Å². The van der Waals surface area contributed by atoms with Crippen molar-refractivity contribution in [3.63, 3.8) is 0 Å². The summed E-state index contributed by atoms with van der Waals surface area (Å²) < 4.78 is 11.5. The van der Waals surface area contributed by atoms with Crippen LogP contribution in [-0.4, -0.2) is 24.7 Å². The molecule has 0 bridgehead atoms. The average molecular weight is 340 g/mol. The maximum Gasteiger partial charge on any atom is 0.253 e. The Morgan fingerprint density at radius 3 is 2.72 bits per heavy atom. The van der Waals surface area contributed by atoms with Crippen LogP contribution in [-0.2, 0) is 16.1 Å². The van der Waals surface area contributed by atoms with Gasteiger partial charge in [0.1, 0.15) is 18.5 Å². The summed E-state index contributed by atoms with van der Waals surface area (Å²) in [5, 5.41) is 2.98. The second-order valence-corrected chi connectivity index (χ2v) is 6.24. The van der Waals surface area contributed by atoms with Crippen LogP contribution in [0.5, 0.6) is 5.75 Å². The fraction of sp³-hybridized carbons (Fsp3) is 0.350. The Labute approximate surface area is 148 Å². The topological polar surface area (TPSA) is 73.6 Å². The molecule has 3 rings (SSSR count). The lowest BCUT2D eigenvalue weighted by molar-refractivity contribution is -0.126. The van der Waals surface area contributed by atoms with Crippen LogP contribution in [0.2, 0.25) is 0 Å². The Balaban J connectivity index is 1.63. The Kier molecular flexibility index (Phi) is 5.68. The molecule has 0 aromatic heterocycles. The van der Waals surface area contributed by atoms with E-state index in [-0.39, 0.29) is 12.0 Å². The molecule has 3 N–H and O–H groups in total. The Bertz CT molecular complexity index is 718. The summed E-state index contributed by atoms with van der Waals surface area (Å²) in [6.07, 6.45) is 1.11. The van der Waals surface area contributed by atoms with Gasteiger partial charge in [0.25, 0.3) is 5.91 Å². The predicted octanol–water partition coefficient (Wildman–Crippen LogP) is 3.02. The zero-order valence-electron chi connectivity index (χ0n) is 14.4. The number of nitrogens with one attached hydrogen (secondary N) is 1. The maximum atomic E-state index is 12.4. The molecule has 2 aromatic carbocycles. The molecule has 2 atom stereocenters. The van der Waals surface area contributed by atoms with Gasteiger partial charge in [-0.1, -0.05) is 30.3 Å². The SMILES string of the molecule is Cc1c(COc2ccccc2)cccc1NC(=O)[C@@H]1CC[C@H](CN)O1. The number of hydrogen-bond donors (Lipinski definition) is 2. The number of nitrogens with two attached hydrogens (primary N) is 1. The number of carbonyl (C=O) groups is 1. The highest BCUT2D eigenvalue weighted by Crippen LogP contribution is 2.24. The first-order valence-corrected chi connectivity index (χ1v) is 8.60. The van der Waals surface area contributed by atoms with Crippen LogP contribution in [0.3, 0.4) is 0 Å². The molecule has 0 spiro atoms. The molecule has 0 aliphatic carbocycles. The molecule has 1 aliphatic heterocycles. The van der Waals surface area contributed by atoms with E-state index in [1.807, 2.05) is 55.5 Å². The van der Waals surface area contributed by atoms with Crippen molar-refractivity contribution < 1.29 is 14.3 Å². The second kappa shape index (κ2) is 8.14. The van der Waals surface area contributed by atoms with Gasteiger partial charge in [0.05, 0.1) is 6.10 Å². The van der Waals surface area contributed by atoms with Crippen molar-refractivity contribution in [3.05, 3.63) is 59.7 Å². The van der Waals surface area contributed by atoms with Crippen molar-refractivity contribution in [1.29, 1.82) is 0 Å². The number of hydrogen-bond acceptors (Lipinski definition) is 4. The van der Waals surface area contributed by atoms with E-state index in [0.29, 0.717) is 19.6 Å².